The standard InChI is InChI=1S/C13H15NO4/c1-13(2,11(15)16)7-8-5-4-6-9-10(8)14-12(17-3)18-9/h4-6H,7H2,1-3H3,(H,15,16). The maximum atomic E-state index is 11.2. The van der Waals surface area contributed by atoms with E-state index in [-0.39, 0.29) is 6.08 Å². The third kappa shape index (κ3) is 2.16. The molecule has 0 spiro atoms. The van der Waals surface area contributed by atoms with Crippen LogP contribution in [-0.4, -0.2) is 23.2 Å². The van der Waals surface area contributed by atoms with E-state index in [1.165, 1.54) is 7.11 Å². The van der Waals surface area contributed by atoms with Crippen LogP contribution in [0.4, 0.5) is 0 Å². The first-order valence-electron chi connectivity index (χ1n) is 5.60. The van der Waals surface area contributed by atoms with Crippen molar-refractivity contribution in [1.82, 2.24) is 4.98 Å². The molecule has 0 atom stereocenters. The van der Waals surface area contributed by atoms with Crippen molar-refractivity contribution in [3.63, 3.8) is 0 Å². The number of methoxy groups -OCH3 is 1. The molecule has 0 aliphatic heterocycles. The Balaban J connectivity index is 2.45. The first-order valence-corrected chi connectivity index (χ1v) is 5.60. The van der Waals surface area contributed by atoms with Crippen LogP contribution in [-0.2, 0) is 11.2 Å². The van der Waals surface area contributed by atoms with Crippen molar-refractivity contribution in [3.05, 3.63) is 23.8 Å². The van der Waals surface area contributed by atoms with Crippen molar-refractivity contribution in [3.8, 4) is 6.08 Å². The Kier molecular flexibility index (Phi) is 2.98. The second-order valence-electron chi connectivity index (χ2n) is 4.81. The number of benzene rings is 1. The first kappa shape index (κ1) is 12.4. The van der Waals surface area contributed by atoms with Crippen LogP contribution in [0.1, 0.15) is 19.4 Å². The summed E-state index contributed by atoms with van der Waals surface area (Å²) in [5.74, 6) is -0.838. The predicted molar refractivity (Wildman–Crippen MR) is 65.7 cm³/mol. The number of carboxylic acid groups (broad SMARTS) is 1. The third-order valence-electron chi connectivity index (χ3n) is 2.87. The van der Waals surface area contributed by atoms with Gasteiger partial charge in [0.25, 0.3) is 0 Å². The van der Waals surface area contributed by atoms with E-state index in [9.17, 15) is 4.79 Å². The first-order chi connectivity index (χ1) is 8.44. The van der Waals surface area contributed by atoms with Crippen molar-refractivity contribution in [2.24, 2.45) is 5.41 Å². The number of hydrogen-bond acceptors (Lipinski definition) is 4. The second kappa shape index (κ2) is 4.33. The molecule has 0 unspecified atom stereocenters. The minimum Gasteiger partial charge on any atom is -0.481 e. The summed E-state index contributed by atoms with van der Waals surface area (Å²) in [6, 6.07) is 5.46. The average molecular weight is 249 g/mol. The maximum Gasteiger partial charge on any atom is 0.394 e. The fraction of sp³-hybridized carbons (Fsp3) is 0.385. The lowest BCUT2D eigenvalue weighted by Gasteiger charge is -2.18. The summed E-state index contributed by atoms with van der Waals surface area (Å²) in [4.78, 5) is 15.3. The van der Waals surface area contributed by atoms with Crippen molar-refractivity contribution >= 4 is 17.1 Å². The largest absolute Gasteiger partial charge is 0.481 e. The van der Waals surface area contributed by atoms with Crippen LogP contribution in [0.15, 0.2) is 22.6 Å². The number of carboxylic acids is 1. The van der Waals surface area contributed by atoms with Gasteiger partial charge in [0.05, 0.1) is 12.5 Å². The fourth-order valence-corrected chi connectivity index (χ4v) is 1.77. The minimum atomic E-state index is -0.847. The van der Waals surface area contributed by atoms with Crippen molar-refractivity contribution in [2.75, 3.05) is 7.11 Å². The highest BCUT2D eigenvalue weighted by atomic mass is 16.6. The topological polar surface area (TPSA) is 72.6 Å². The molecule has 1 aromatic carbocycles. The van der Waals surface area contributed by atoms with E-state index in [1.807, 2.05) is 12.1 Å². The summed E-state index contributed by atoms with van der Waals surface area (Å²) in [6.45, 7) is 3.37. The molecule has 96 valence electrons. The molecule has 0 amide bonds. The molecule has 1 heterocycles. The molecule has 0 aliphatic rings. The molecule has 2 aromatic rings. The lowest BCUT2D eigenvalue weighted by Crippen LogP contribution is -2.26. The number of rotatable bonds is 4. The molecule has 0 aliphatic carbocycles. The van der Waals surface area contributed by atoms with Crippen LogP contribution >= 0.6 is 0 Å². The van der Waals surface area contributed by atoms with Gasteiger partial charge in [0.1, 0.15) is 5.52 Å². The van der Waals surface area contributed by atoms with Gasteiger partial charge in [-0.3, -0.25) is 4.79 Å². The number of nitrogens with zero attached hydrogens (tertiary/aromatic N) is 1. The summed E-state index contributed by atoms with van der Waals surface area (Å²) < 4.78 is 10.3. The van der Waals surface area contributed by atoms with Gasteiger partial charge in [-0.05, 0) is 31.9 Å². The van der Waals surface area contributed by atoms with E-state index in [1.54, 1.807) is 19.9 Å². The molecule has 1 N–H and O–H groups in total. The summed E-state index contributed by atoms with van der Waals surface area (Å²) in [5.41, 5.74) is 1.25. The van der Waals surface area contributed by atoms with E-state index in [4.69, 9.17) is 14.3 Å². The number of aliphatic carboxylic acids is 1. The fourth-order valence-electron chi connectivity index (χ4n) is 1.77. The van der Waals surface area contributed by atoms with Gasteiger partial charge in [0.15, 0.2) is 5.58 Å². The lowest BCUT2D eigenvalue weighted by atomic mass is 9.85. The van der Waals surface area contributed by atoms with Crippen LogP contribution < -0.4 is 4.74 Å². The lowest BCUT2D eigenvalue weighted by molar-refractivity contribution is -0.146. The van der Waals surface area contributed by atoms with Gasteiger partial charge < -0.3 is 14.3 Å². The number of fused-ring (bicyclic) bond motifs is 1. The van der Waals surface area contributed by atoms with Crippen molar-refractivity contribution in [2.45, 2.75) is 20.3 Å². The Morgan fingerprint density at radius 1 is 1.50 bits per heavy atom. The van der Waals surface area contributed by atoms with Crippen molar-refractivity contribution < 1.29 is 19.1 Å². The van der Waals surface area contributed by atoms with Gasteiger partial charge in [-0.25, -0.2) is 0 Å². The zero-order valence-electron chi connectivity index (χ0n) is 10.6. The zero-order chi connectivity index (χ0) is 13.3. The van der Waals surface area contributed by atoms with Crippen LogP contribution in [0.3, 0.4) is 0 Å². The number of oxazole rings is 1. The van der Waals surface area contributed by atoms with Gasteiger partial charge in [0.2, 0.25) is 0 Å². The SMILES string of the molecule is COc1nc2c(CC(C)(C)C(=O)O)cccc2o1. The number of para-hydroxylation sites is 1. The summed E-state index contributed by atoms with van der Waals surface area (Å²) >= 11 is 0. The third-order valence-corrected chi connectivity index (χ3v) is 2.87. The molecule has 18 heavy (non-hydrogen) atoms. The van der Waals surface area contributed by atoms with Crippen LogP contribution in [0, 0.1) is 5.41 Å². The molecular formula is C13H15NO4. The molecule has 0 bridgehead atoms. The molecule has 0 radical (unpaired) electrons. The monoisotopic (exact) mass is 249 g/mol. The highest BCUT2D eigenvalue weighted by molar-refractivity contribution is 5.79. The van der Waals surface area contributed by atoms with Crippen LogP contribution in [0.5, 0.6) is 6.08 Å². The normalized spacial score (nSPS) is 11.7. The van der Waals surface area contributed by atoms with Crippen LogP contribution in [0.2, 0.25) is 0 Å². The van der Waals surface area contributed by atoms with Gasteiger partial charge in [-0.15, -0.1) is 0 Å². The molecular weight excluding hydrogens is 234 g/mol. The van der Waals surface area contributed by atoms with Gasteiger partial charge in [0, 0.05) is 0 Å². The Morgan fingerprint density at radius 2 is 2.22 bits per heavy atom. The molecule has 0 saturated heterocycles. The van der Waals surface area contributed by atoms with Gasteiger partial charge in [-0.1, -0.05) is 12.1 Å². The second-order valence-corrected chi connectivity index (χ2v) is 4.81. The molecule has 0 fully saturated rings. The molecule has 2 rings (SSSR count). The maximum absolute atomic E-state index is 11.2. The van der Waals surface area contributed by atoms with Crippen molar-refractivity contribution in [1.29, 1.82) is 0 Å². The predicted octanol–water partition coefficient (Wildman–Crippen LogP) is 2.49. The van der Waals surface area contributed by atoms with E-state index in [0.717, 1.165) is 5.56 Å². The molecule has 0 saturated carbocycles. The highest BCUT2D eigenvalue weighted by Crippen LogP contribution is 2.29. The Bertz CT molecular complexity index is 586. The van der Waals surface area contributed by atoms with E-state index in [2.05, 4.69) is 4.98 Å². The molecule has 5 nitrogen and oxygen atoms in total. The minimum absolute atomic E-state index is 0.186. The zero-order valence-corrected chi connectivity index (χ0v) is 10.6. The number of aromatic nitrogens is 1. The highest BCUT2D eigenvalue weighted by Gasteiger charge is 2.28. The Morgan fingerprint density at radius 3 is 2.83 bits per heavy atom. The molecule has 5 heteroatoms. The Labute approximate surface area is 104 Å². The van der Waals surface area contributed by atoms with E-state index in [0.29, 0.717) is 17.5 Å². The van der Waals surface area contributed by atoms with Gasteiger partial charge in [-0.2, -0.15) is 4.98 Å². The summed E-state index contributed by atoms with van der Waals surface area (Å²) in [5, 5.41) is 9.16. The smallest absolute Gasteiger partial charge is 0.394 e. The quantitative estimate of drug-likeness (QED) is 0.901. The van der Waals surface area contributed by atoms with E-state index >= 15 is 0 Å². The average Bonchev–Trinajstić information content (AvgIpc) is 2.72. The Hall–Kier alpha value is -2.04. The number of hydrogen-bond donors (Lipinski definition) is 1. The summed E-state index contributed by atoms with van der Waals surface area (Å²) in [7, 11) is 1.48. The molecule has 1 aromatic heterocycles. The van der Waals surface area contributed by atoms with Gasteiger partial charge >= 0.3 is 12.0 Å². The number of ether oxygens (including phenoxy) is 1. The number of carbonyl (C=O) groups is 1. The summed E-state index contributed by atoms with van der Waals surface area (Å²) in [6.07, 6.45) is 0.570. The van der Waals surface area contributed by atoms with E-state index < -0.39 is 11.4 Å². The van der Waals surface area contributed by atoms with Crippen LogP contribution in [0.25, 0.3) is 11.1 Å².